The van der Waals surface area contributed by atoms with E-state index < -0.39 is 82.6 Å². The fourth-order valence-corrected chi connectivity index (χ4v) is 8.82. The molecule has 9 heteroatoms. The van der Waals surface area contributed by atoms with Gasteiger partial charge in [-0.1, -0.05) is 50.8 Å². The first-order valence-corrected chi connectivity index (χ1v) is 13.6. The molecule has 5 fully saturated rings. The minimum atomic E-state index is -2.20. The van der Waals surface area contributed by atoms with E-state index in [0.717, 1.165) is 5.56 Å². The van der Waals surface area contributed by atoms with Crippen LogP contribution in [0.15, 0.2) is 42.5 Å². The van der Waals surface area contributed by atoms with Gasteiger partial charge in [-0.15, -0.1) is 0 Å². The van der Waals surface area contributed by atoms with Gasteiger partial charge in [-0.25, -0.2) is 0 Å². The van der Waals surface area contributed by atoms with Crippen LogP contribution >= 0.6 is 0 Å². The van der Waals surface area contributed by atoms with Gasteiger partial charge in [-0.05, 0) is 37.3 Å². The third-order valence-electron chi connectivity index (χ3n) is 10.5. The molecule has 0 amide bonds. The Kier molecular flexibility index (Phi) is 5.70. The summed E-state index contributed by atoms with van der Waals surface area (Å²) in [6.45, 7) is 13.0. The summed E-state index contributed by atoms with van der Waals surface area (Å²) in [5.74, 6) is -4.35. The van der Waals surface area contributed by atoms with E-state index in [9.17, 15) is 25.5 Å². The number of rotatable bonds is 4. The molecule has 5 N–H and O–H groups in total. The average Bonchev–Trinajstić information content (AvgIpc) is 3.22. The molecule has 3 bridgehead atoms. The van der Waals surface area contributed by atoms with Gasteiger partial charge in [0, 0.05) is 24.7 Å². The normalized spacial score (nSPS) is 56.8. The number of aliphatic hydroxyl groups is 5. The second-order valence-electron chi connectivity index (χ2n) is 12.7. The molecule has 1 unspecified atom stereocenters. The van der Waals surface area contributed by atoms with E-state index in [1.54, 1.807) is 13.8 Å². The van der Waals surface area contributed by atoms with Crippen molar-refractivity contribution in [1.29, 1.82) is 0 Å². The SMILES string of the molecule is C=C(C)[C@@]12OC3(C)O[C@@H]1[C@@H]1[C@H](O)[C@@](C)(O)[C@@H](O)[C@@]4(O)[C@@H](C[C@H](C)[C@@H]4O)[C@@]1(O3)[C@H](C)[C@@H]2OCc1ccccc1. The monoisotopic (exact) mass is 532 g/mol. The molecule has 1 aromatic rings. The Morgan fingerprint density at radius 1 is 1.05 bits per heavy atom. The van der Waals surface area contributed by atoms with Crippen LogP contribution in [0, 0.1) is 23.7 Å². The smallest absolute Gasteiger partial charge is 0.281 e. The standard InChI is InChI=1S/C29H40O9/c1-14(2)28-22(35-13-17-10-8-7-9-11-17)16(4)29-18-12-15(3)20(30)27(18,34)24(32)25(5,33)21(31)19(29)23(28)36-26(6,37-28)38-29/h7-11,15-16,18-24,30-34H,1,12-13H2,2-6H3/t15-,16+,18+,19-,20-,21-,22-,23+,24+,25+,26?,27+,28-,29-/m0/s1. The molecule has 0 radical (unpaired) electrons. The van der Waals surface area contributed by atoms with Crippen molar-refractivity contribution < 1.29 is 44.5 Å². The zero-order valence-electron chi connectivity index (χ0n) is 22.6. The molecule has 1 aromatic carbocycles. The Bertz CT molecular complexity index is 1130. The third-order valence-corrected chi connectivity index (χ3v) is 10.5. The summed E-state index contributed by atoms with van der Waals surface area (Å²) in [5.41, 5.74) is -5.45. The number of hydrogen-bond acceptors (Lipinski definition) is 9. The molecule has 2 aliphatic heterocycles. The molecule has 5 aliphatic rings. The van der Waals surface area contributed by atoms with Crippen LogP contribution in [-0.2, 0) is 25.6 Å². The summed E-state index contributed by atoms with van der Waals surface area (Å²) in [4.78, 5) is 0. The highest BCUT2D eigenvalue weighted by Gasteiger charge is 2.85. The van der Waals surface area contributed by atoms with E-state index in [-0.39, 0.29) is 13.0 Å². The molecular weight excluding hydrogens is 492 g/mol. The maximum atomic E-state index is 12.2. The van der Waals surface area contributed by atoms with Crippen LogP contribution in [0.4, 0.5) is 0 Å². The predicted octanol–water partition coefficient (Wildman–Crippen LogP) is 1.25. The molecule has 6 rings (SSSR count). The largest absolute Gasteiger partial charge is 0.390 e. The fraction of sp³-hybridized carbons (Fsp3) is 0.724. The van der Waals surface area contributed by atoms with Gasteiger partial charge in [0.2, 0.25) is 0 Å². The van der Waals surface area contributed by atoms with Crippen molar-refractivity contribution in [1.82, 2.24) is 0 Å². The molecule has 9 nitrogen and oxygen atoms in total. The van der Waals surface area contributed by atoms with Gasteiger partial charge < -0.3 is 44.5 Å². The van der Waals surface area contributed by atoms with Gasteiger partial charge in [0.15, 0.2) is 0 Å². The number of ether oxygens (including phenoxy) is 4. The summed E-state index contributed by atoms with van der Waals surface area (Å²) in [6, 6.07) is 9.70. The highest BCUT2D eigenvalue weighted by Crippen LogP contribution is 2.70. The lowest BCUT2D eigenvalue weighted by Gasteiger charge is -2.62. The highest BCUT2D eigenvalue weighted by atomic mass is 16.9. The molecule has 0 aromatic heterocycles. The van der Waals surface area contributed by atoms with E-state index in [2.05, 4.69) is 6.58 Å². The van der Waals surface area contributed by atoms with Gasteiger partial charge in [0.25, 0.3) is 5.97 Å². The number of aliphatic hydroxyl groups excluding tert-OH is 3. The lowest BCUT2D eigenvalue weighted by molar-refractivity contribution is -0.429. The van der Waals surface area contributed by atoms with Crippen molar-refractivity contribution in [3.8, 4) is 0 Å². The molecule has 210 valence electrons. The maximum absolute atomic E-state index is 12.2. The van der Waals surface area contributed by atoms with Gasteiger partial charge in [0.1, 0.15) is 29.0 Å². The highest BCUT2D eigenvalue weighted by molar-refractivity contribution is 5.36. The maximum Gasteiger partial charge on any atom is 0.281 e. The summed E-state index contributed by atoms with van der Waals surface area (Å²) >= 11 is 0. The zero-order chi connectivity index (χ0) is 27.6. The van der Waals surface area contributed by atoms with Crippen molar-refractivity contribution in [2.24, 2.45) is 23.7 Å². The Balaban J connectivity index is 1.58. The third kappa shape index (κ3) is 2.97. The Morgan fingerprint density at radius 3 is 2.34 bits per heavy atom. The van der Waals surface area contributed by atoms with E-state index >= 15 is 0 Å². The average molecular weight is 533 g/mol. The van der Waals surface area contributed by atoms with Gasteiger partial charge >= 0.3 is 0 Å². The lowest BCUT2D eigenvalue weighted by Crippen LogP contribution is -2.77. The quantitative estimate of drug-likeness (QED) is 0.363. The molecule has 3 aliphatic carbocycles. The van der Waals surface area contributed by atoms with E-state index in [1.807, 2.05) is 44.2 Å². The van der Waals surface area contributed by atoms with Crippen molar-refractivity contribution in [2.45, 2.75) is 107 Å². The topological polar surface area (TPSA) is 138 Å². The molecular formula is C29H40O9. The molecule has 0 spiro atoms. The predicted molar refractivity (Wildman–Crippen MR) is 134 cm³/mol. The van der Waals surface area contributed by atoms with Crippen LogP contribution in [0.5, 0.6) is 0 Å². The van der Waals surface area contributed by atoms with E-state index in [1.165, 1.54) is 6.92 Å². The zero-order valence-corrected chi connectivity index (χ0v) is 22.6. The van der Waals surface area contributed by atoms with Gasteiger partial charge in [-0.2, -0.15) is 0 Å². The van der Waals surface area contributed by atoms with Crippen LogP contribution < -0.4 is 0 Å². The van der Waals surface area contributed by atoms with E-state index in [4.69, 9.17) is 18.9 Å². The number of hydrogen-bond donors (Lipinski definition) is 5. The summed E-state index contributed by atoms with van der Waals surface area (Å²) in [5, 5.41) is 58.4. The second-order valence-corrected chi connectivity index (χ2v) is 12.7. The van der Waals surface area contributed by atoms with Crippen LogP contribution in [0.25, 0.3) is 0 Å². The van der Waals surface area contributed by atoms with Crippen molar-refractivity contribution in [2.75, 3.05) is 0 Å². The van der Waals surface area contributed by atoms with Crippen LogP contribution in [0.3, 0.4) is 0 Å². The van der Waals surface area contributed by atoms with Crippen LogP contribution in [-0.4, -0.2) is 84.4 Å². The van der Waals surface area contributed by atoms with Gasteiger partial charge in [-0.3, -0.25) is 0 Å². The van der Waals surface area contributed by atoms with E-state index in [0.29, 0.717) is 5.57 Å². The van der Waals surface area contributed by atoms with Crippen molar-refractivity contribution in [3.05, 3.63) is 48.0 Å². The summed E-state index contributed by atoms with van der Waals surface area (Å²) < 4.78 is 26.4. The lowest BCUT2D eigenvalue weighted by atomic mass is 9.52. The number of fused-ring (bicyclic) bond motifs is 2. The van der Waals surface area contributed by atoms with Crippen molar-refractivity contribution >= 4 is 0 Å². The molecule has 2 heterocycles. The summed E-state index contributed by atoms with van der Waals surface area (Å²) in [6.07, 6.45) is -6.10. The first kappa shape index (κ1) is 26.8. The minimum Gasteiger partial charge on any atom is -0.390 e. The Hall–Kier alpha value is -1.40. The molecule has 14 atom stereocenters. The van der Waals surface area contributed by atoms with Gasteiger partial charge in [0.05, 0.1) is 30.5 Å². The van der Waals surface area contributed by atoms with Crippen LogP contribution in [0.1, 0.15) is 46.6 Å². The summed E-state index contributed by atoms with van der Waals surface area (Å²) in [7, 11) is 0. The molecule has 3 saturated carbocycles. The molecule has 38 heavy (non-hydrogen) atoms. The number of benzene rings is 1. The first-order valence-electron chi connectivity index (χ1n) is 13.6. The second kappa shape index (κ2) is 8.09. The van der Waals surface area contributed by atoms with Crippen molar-refractivity contribution in [3.63, 3.8) is 0 Å². The fourth-order valence-electron chi connectivity index (χ4n) is 8.82. The molecule has 2 saturated heterocycles. The Labute approximate surface area is 223 Å². The minimum absolute atomic E-state index is 0.259. The van der Waals surface area contributed by atoms with Crippen LogP contribution in [0.2, 0.25) is 0 Å². The first-order chi connectivity index (χ1) is 17.7. The Morgan fingerprint density at radius 2 is 1.71 bits per heavy atom.